The standard InChI is InChI=1S/C23H28N6O/c30-23-12-21(19-4-3-8-24-13-19)26-17-28(23)15-18-6-10-27(11-7-18)16-20-14-25-22-5-1-2-9-29(20)22/h3-4,8,12-14,17-18H,1-2,5-7,9-11,15-16H2. The number of nitrogens with zero attached hydrogens (tertiary/aromatic N) is 6. The van der Waals surface area contributed by atoms with Crippen molar-refractivity contribution in [1.29, 1.82) is 0 Å². The molecule has 5 heterocycles. The van der Waals surface area contributed by atoms with Gasteiger partial charge in [-0.25, -0.2) is 9.97 Å². The van der Waals surface area contributed by atoms with Crippen LogP contribution in [-0.4, -0.2) is 42.1 Å². The molecule has 7 nitrogen and oxygen atoms in total. The number of pyridine rings is 1. The van der Waals surface area contributed by atoms with Crippen molar-refractivity contribution in [2.75, 3.05) is 13.1 Å². The van der Waals surface area contributed by atoms with Crippen LogP contribution in [0.3, 0.4) is 0 Å². The smallest absolute Gasteiger partial charge is 0.253 e. The van der Waals surface area contributed by atoms with E-state index in [1.165, 1.54) is 24.4 Å². The van der Waals surface area contributed by atoms with E-state index >= 15 is 0 Å². The summed E-state index contributed by atoms with van der Waals surface area (Å²) in [4.78, 5) is 28.3. The molecular formula is C23H28N6O. The number of piperidine rings is 1. The molecule has 1 saturated heterocycles. The minimum absolute atomic E-state index is 0.0113. The summed E-state index contributed by atoms with van der Waals surface area (Å²) >= 11 is 0. The molecule has 0 amide bonds. The molecule has 0 atom stereocenters. The Hall–Kier alpha value is -2.80. The lowest BCUT2D eigenvalue weighted by molar-refractivity contribution is 0.162. The topological polar surface area (TPSA) is 68.8 Å². The van der Waals surface area contributed by atoms with Crippen LogP contribution in [-0.2, 0) is 26.1 Å². The Morgan fingerprint density at radius 1 is 1.07 bits per heavy atom. The van der Waals surface area contributed by atoms with E-state index in [0.29, 0.717) is 11.6 Å². The highest BCUT2D eigenvalue weighted by Gasteiger charge is 2.22. The van der Waals surface area contributed by atoms with Gasteiger partial charge < -0.3 is 4.57 Å². The van der Waals surface area contributed by atoms with E-state index in [4.69, 9.17) is 0 Å². The highest BCUT2D eigenvalue weighted by molar-refractivity contribution is 5.56. The number of hydrogen-bond donors (Lipinski definition) is 0. The molecule has 0 N–H and O–H groups in total. The van der Waals surface area contributed by atoms with Gasteiger partial charge in [-0.3, -0.25) is 19.2 Å². The van der Waals surface area contributed by atoms with Crippen molar-refractivity contribution in [3.8, 4) is 11.3 Å². The highest BCUT2D eigenvalue weighted by Crippen LogP contribution is 2.22. The molecule has 1 fully saturated rings. The Labute approximate surface area is 176 Å². The molecule has 5 rings (SSSR count). The maximum Gasteiger partial charge on any atom is 0.253 e. The minimum Gasteiger partial charge on any atom is -0.331 e. The molecule has 3 aromatic heterocycles. The predicted molar refractivity (Wildman–Crippen MR) is 115 cm³/mol. The third-order valence-electron chi connectivity index (χ3n) is 6.44. The van der Waals surface area contributed by atoms with Crippen LogP contribution in [0.2, 0.25) is 0 Å². The Balaban J connectivity index is 1.18. The summed E-state index contributed by atoms with van der Waals surface area (Å²) in [7, 11) is 0. The van der Waals surface area contributed by atoms with Crippen molar-refractivity contribution in [1.82, 2.24) is 29.0 Å². The van der Waals surface area contributed by atoms with E-state index in [1.807, 2.05) is 12.1 Å². The van der Waals surface area contributed by atoms with Crippen LogP contribution in [0.15, 0.2) is 47.9 Å². The molecular weight excluding hydrogens is 376 g/mol. The second-order valence-corrected chi connectivity index (χ2v) is 8.50. The number of likely N-dealkylation sites (tertiary alicyclic amines) is 1. The first kappa shape index (κ1) is 19.2. The van der Waals surface area contributed by atoms with Crippen molar-refractivity contribution in [2.45, 2.75) is 51.7 Å². The summed E-state index contributed by atoms with van der Waals surface area (Å²) in [5.41, 5.74) is 2.92. The van der Waals surface area contributed by atoms with Gasteiger partial charge in [-0.05, 0) is 56.8 Å². The molecule has 0 saturated carbocycles. The Morgan fingerprint density at radius 2 is 1.97 bits per heavy atom. The fourth-order valence-electron chi connectivity index (χ4n) is 4.68. The van der Waals surface area contributed by atoms with Crippen molar-refractivity contribution >= 4 is 0 Å². The molecule has 0 radical (unpaired) electrons. The zero-order valence-electron chi connectivity index (χ0n) is 17.3. The molecule has 0 bridgehead atoms. The summed E-state index contributed by atoms with van der Waals surface area (Å²) in [6.45, 7) is 4.99. The molecule has 2 aliphatic heterocycles. The Kier molecular flexibility index (Phi) is 5.45. The van der Waals surface area contributed by atoms with E-state index in [1.54, 1.807) is 29.4 Å². The second-order valence-electron chi connectivity index (χ2n) is 8.50. The summed E-state index contributed by atoms with van der Waals surface area (Å²) in [6.07, 6.45) is 13.1. The van der Waals surface area contributed by atoms with E-state index in [0.717, 1.165) is 57.5 Å². The molecule has 3 aromatic rings. The Bertz CT molecular complexity index is 1050. The number of fused-ring (bicyclic) bond motifs is 1. The number of aromatic nitrogens is 5. The van der Waals surface area contributed by atoms with Gasteiger partial charge in [0.15, 0.2) is 0 Å². The van der Waals surface area contributed by atoms with Gasteiger partial charge in [0.05, 0.1) is 17.7 Å². The lowest BCUT2D eigenvalue weighted by atomic mass is 9.96. The van der Waals surface area contributed by atoms with Gasteiger partial charge in [-0.2, -0.15) is 0 Å². The minimum atomic E-state index is 0.0113. The zero-order valence-corrected chi connectivity index (χ0v) is 17.3. The van der Waals surface area contributed by atoms with Gasteiger partial charge in [-0.15, -0.1) is 0 Å². The number of hydrogen-bond acceptors (Lipinski definition) is 5. The van der Waals surface area contributed by atoms with E-state index < -0.39 is 0 Å². The molecule has 7 heteroatoms. The van der Waals surface area contributed by atoms with Crippen LogP contribution < -0.4 is 5.56 Å². The van der Waals surface area contributed by atoms with E-state index in [-0.39, 0.29) is 5.56 Å². The monoisotopic (exact) mass is 404 g/mol. The average molecular weight is 405 g/mol. The van der Waals surface area contributed by atoms with Crippen molar-refractivity contribution in [3.63, 3.8) is 0 Å². The van der Waals surface area contributed by atoms with Gasteiger partial charge in [0.1, 0.15) is 5.82 Å². The van der Waals surface area contributed by atoms with Gasteiger partial charge in [0.25, 0.3) is 5.56 Å². The quantitative estimate of drug-likeness (QED) is 0.654. The van der Waals surface area contributed by atoms with E-state index in [2.05, 4.69) is 30.6 Å². The lowest BCUT2D eigenvalue weighted by Gasteiger charge is -2.32. The summed E-state index contributed by atoms with van der Waals surface area (Å²) in [5.74, 6) is 1.78. The first-order valence-corrected chi connectivity index (χ1v) is 11.0. The molecule has 2 aliphatic rings. The first-order chi connectivity index (χ1) is 14.8. The zero-order chi connectivity index (χ0) is 20.3. The van der Waals surface area contributed by atoms with E-state index in [9.17, 15) is 4.79 Å². The SMILES string of the molecule is O=c1cc(-c2cccnc2)ncn1CC1CCN(Cc2cnc3n2CCCC3)CC1. The van der Waals surface area contributed by atoms with Gasteiger partial charge in [0.2, 0.25) is 0 Å². The van der Waals surface area contributed by atoms with Crippen molar-refractivity contribution in [2.24, 2.45) is 5.92 Å². The fraction of sp³-hybridized carbons (Fsp3) is 0.478. The molecule has 0 unspecified atom stereocenters. The van der Waals surface area contributed by atoms with Crippen molar-refractivity contribution in [3.05, 3.63) is 65.0 Å². The van der Waals surface area contributed by atoms with Crippen molar-refractivity contribution < 1.29 is 0 Å². The molecule has 0 aromatic carbocycles. The normalized spacial score (nSPS) is 17.7. The van der Waals surface area contributed by atoms with Crippen LogP contribution in [0.5, 0.6) is 0 Å². The fourth-order valence-corrected chi connectivity index (χ4v) is 4.68. The molecule has 156 valence electrons. The summed E-state index contributed by atoms with van der Waals surface area (Å²) < 4.78 is 4.18. The van der Waals surface area contributed by atoms with Crippen LogP contribution in [0.4, 0.5) is 0 Å². The summed E-state index contributed by atoms with van der Waals surface area (Å²) in [6, 6.07) is 5.40. The number of imidazole rings is 1. The average Bonchev–Trinajstić information content (AvgIpc) is 3.20. The highest BCUT2D eigenvalue weighted by atomic mass is 16.1. The van der Waals surface area contributed by atoms with Crippen LogP contribution in [0, 0.1) is 5.92 Å². The lowest BCUT2D eigenvalue weighted by Crippen LogP contribution is -2.36. The molecule has 0 spiro atoms. The molecule has 0 aliphatic carbocycles. The summed E-state index contributed by atoms with van der Waals surface area (Å²) in [5, 5.41) is 0. The largest absolute Gasteiger partial charge is 0.331 e. The van der Waals surface area contributed by atoms with Crippen LogP contribution in [0.25, 0.3) is 11.3 Å². The third kappa shape index (κ3) is 4.07. The predicted octanol–water partition coefficient (Wildman–Crippen LogP) is 2.75. The van der Waals surface area contributed by atoms with Gasteiger partial charge in [0, 0.05) is 56.3 Å². The van der Waals surface area contributed by atoms with Gasteiger partial charge >= 0.3 is 0 Å². The second kappa shape index (κ2) is 8.52. The number of rotatable bonds is 5. The maximum atomic E-state index is 12.6. The maximum absolute atomic E-state index is 12.6. The van der Waals surface area contributed by atoms with Gasteiger partial charge in [-0.1, -0.05) is 0 Å². The first-order valence-electron chi connectivity index (χ1n) is 11.0. The molecule has 30 heavy (non-hydrogen) atoms. The van der Waals surface area contributed by atoms with Crippen LogP contribution >= 0.6 is 0 Å². The van der Waals surface area contributed by atoms with Crippen LogP contribution in [0.1, 0.15) is 37.2 Å². The number of aryl methyl sites for hydroxylation is 1. The Morgan fingerprint density at radius 3 is 2.77 bits per heavy atom. The third-order valence-corrected chi connectivity index (χ3v) is 6.44.